The SMILES string of the molecule is COc1cccc(OCc2cc(C=NNC(=O)c3ccc([N+](=O)[O-])cc3)ccc2OC)c1. The van der Waals surface area contributed by atoms with Gasteiger partial charge in [-0.15, -0.1) is 0 Å². The summed E-state index contributed by atoms with van der Waals surface area (Å²) in [5.41, 5.74) is 4.08. The highest BCUT2D eigenvalue weighted by Gasteiger charge is 2.09. The van der Waals surface area contributed by atoms with Gasteiger partial charge in [0.15, 0.2) is 0 Å². The van der Waals surface area contributed by atoms with E-state index in [-0.39, 0.29) is 17.9 Å². The van der Waals surface area contributed by atoms with Gasteiger partial charge in [-0.05, 0) is 48.0 Å². The fourth-order valence-corrected chi connectivity index (χ4v) is 2.81. The number of nitro benzene ring substituents is 1. The molecule has 3 aromatic rings. The molecule has 0 bridgehead atoms. The summed E-state index contributed by atoms with van der Waals surface area (Å²) in [6.07, 6.45) is 1.48. The van der Waals surface area contributed by atoms with Crippen LogP contribution in [0, 0.1) is 10.1 Å². The van der Waals surface area contributed by atoms with E-state index >= 15 is 0 Å². The van der Waals surface area contributed by atoms with Gasteiger partial charge in [0.2, 0.25) is 0 Å². The third-order valence-corrected chi connectivity index (χ3v) is 4.46. The number of amides is 1. The molecule has 32 heavy (non-hydrogen) atoms. The molecule has 9 nitrogen and oxygen atoms in total. The van der Waals surface area contributed by atoms with Crippen molar-refractivity contribution in [2.45, 2.75) is 6.61 Å². The van der Waals surface area contributed by atoms with Crippen LogP contribution in [-0.4, -0.2) is 31.3 Å². The molecule has 1 amide bonds. The lowest BCUT2D eigenvalue weighted by Gasteiger charge is -2.12. The quantitative estimate of drug-likeness (QED) is 0.309. The third kappa shape index (κ3) is 5.82. The van der Waals surface area contributed by atoms with E-state index in [1.54, 1.807) is 32.4 Å². The second-order valence-electron chi connectivity index (χ2n) is 6.54. The first-order valence-corrected chi connectivity index (χ1v) is 9.52. The normalized spacial score (nSPS) is 10.6. The van der Waals surface area contributed by atoms with E-state index < -0.39 is 10.8 Å². The second kappa shape index (κ2) is 10.6. The van der Waals surface area contributed by atoms with Crippen molar-refractivity contribution in [3.05, 3.63) is 93.5 Å². The number of carbonyl (C=O) groups is 1. The lowest BCUT2D eigenvalue weighted by molar-refractivity contribution is -0.384. The highest BCUT2D eigenvalue weighted by atomic mass is 16.6. The molecular weight excluding hydrogens is 414 g/mol. The summed E-state index contributed by atoms with van der Waals surface area (Å²) in [6, 6.07) is 17.9. The van der Waals surface area contributed by atoms with E-state index in [1.807, 2.05) is 24.3 Å². The molecule has 0 saturated heterocycles. The average Bonchev–Trinajstić information content (AvgIpc) is 2.83. The smallest absolute Gasteiger partial charge is 0.271 e. The van der Waals surface area contributed by atoms with Crippen molar-refractivity contribution in [3.63, 3.8) is 0 Å². The summed E-state index contributed by atoms with van der Waals surface area (Å²) >= 11 is 0. The largest absolute Gasteiger partial charge is 0.497 e. The number of ether oxygens (including phenoxy) is 3. The van der Waals surface area contributed by atoms with E-state index in [1.165, 1.54) is 30.5 Å². The van der Waals surface area contributed by atoms with E-state index in [0.717, 1.165) is 11.1 Å². The Kier molecular flexibility index (Phi) is 7.37. The number of hydrogen-bond acceptors (Lipinski definition) is 7. The van der Waals surface area contributed by atoms with Crippen LogP contribution in [0.2, 0.25) is 0 Å². The Balaban J connectivity index is 1.65. The first-order chi connectivity index (χ1) is 15.5. The molecule has 1 N–H and O–H groups in total. The number of nitrogens with zero attached hydrogens (tertiary/aromatic N) is 2. The number of hydrogen-bond donors (Lipinski definition) is 1. The van der Waals surface area contributed by atoms with Crippen molar-refractivity contribution in [3.8, 4) is 17.2 Å². The molecule has 0 saturated carbocycles. The highest BCUT2D eigenvalue weighted by Crippen LogP contribution is 2.24. The first kappa shape index (κ1) is 22.3. The van der Waals surface area contributed by atoms with Crippen LogP contribution in [0.4, 0.5) is 5.69 Å². The molecule has 9 heteroatoms. The van der Waals surface area contributed by atoms with Crippen LogP contribution in [0.25, 0.3) is 0 Å². The van der Waals surface area contributed by atoms with E-state index in [4.69, 9.17) is 14.2 Å². The molecule has 164 valence electrons. The molecular formula is C23H21N3O6. The molecule has 0 radical (unpaired) electrons. The third-order valence-electron chi connectivity index (χ3n) is 4.46. The van der Waals surface area contributed by atoms with Gasteiger partial charge in [0.05, 0.1) is 25.4 Å². The van der Waals surface area contributed by atoms with Crippen molar-refractivity contribution >= 4 is 17.8 Å². The predicted molar refractivity (Wildman–Crippen MR) is 118 cm³/mol. The number of benzene rings is 3. The van der Waals surface area contributed by atoms with Gasteiger partial charge in [-0.25, -0.2) is 5.43 Å². The molecule has 0 heterocycles. The molecule has 0 aliphatic heterocycles. The highest BCUT2D eigenvalue weighted by molar-refractivity contribution is 5.95. The van der Waals surface area contributed by atoms with Gasteiger partial charge in [0.1, 0.15) is 23.9 Å². The number of nitrogens with one attached hydrogen (secondary N) is 1. The Hall–Kier alpha value is -4.40. The average molecular weight is 435 g/mol. The van der Waals surface area contributed by atoms with Gasteiger partial charge in [-0.3, -0.25) is 14.9 Å². The fraction of sp³-hybridized carbons (Fsp3) is 0.130. The summed E-state index contributed by atoms with van der Waals surface area (Å²) in [5, 5.41) is 14.7. The topological polar surface area (TPSA) is 112 Å². The lowest BCUT2D eigenvalue weighted by Crippen LogP contribution is -2.17. The zero-order valence-electron chi connectivity index (χ0n) is 17.5. The van der Waals surface area contributed by atoms with Gasteiger partial charge >= 0.3 is 0 Å². The second-order valence-corrected chi connectivity index (χ2v) is 6.54. The maximum Gasteiger partial charge on any atom is 0.271 e. The molecule has 0 aromatic heterocycles. The molecule has 0 atom stereocenters. The van der Waals surface area contributed by atoms with Crippen molar-refractivity contribution < 1.29 is 23.9 Å². The molecule has 3 rings (SSSR count). The van der Waals surface area contributed by atoms with Crippen LogP contribution >= 0.6 is 0 Å². The summed E-state index contributed by atoms with van der Waals surface area (Å²) in [5.74, 6) is 1.52. The number of rotatable bonds is 9. The number of carbonyl (C=O) groups excluding carboxylic acids is 1. The van der Waals surface area contributed by atoms with Crippen LogP contribution < -0.4 is 19.6 Å². The number of non-ortho nitro benzene ring substituents is 1. The molecule has 0 unspecified atom stereocenters. The maximum atomic E-state index is 12.2. The number of methoxy groups -OCH3 is 2. The summed E-state index contributed by atoms with van der Waals surface area (Å²) < 4.78 is 16.4. The Morgan fingerprint density at radius 2 is 1.78 bits per heavy atom. The predicted octanol–water partition coefficient (Wildman–Crippen LogP) is 3.95. The number of hydrazone groups is 1. The van der Waals surface area contributed by atoms with E-state index in [9.17, 15) is 14.9 Å². The maximum absolute atomic E-state index is 12.2. The van der Waals surface area contributed by atoms with Gasteiger partial charge in [0, 0.05) is 29.3 Å². The van der Waals surface area contributed by atoms with Gasteiger partial charge in [-0.1, -0.05) is 6.07 Å². The van der Waals surface area contributed by atoms with Crippen LogP contribution in [0.5, 0.6) is 17.2 Å². The Bertz CT molecular complexity index is 1130. The minimum absolute atomic E-state index is 0.0908. The summed E-state index contributed by atoms with van der Waals surface area (Å²) in [6.45, 7) is 0.257. The summed E-state index contributed by atoms with van der Waals surface area (Å²) in [4.78, 5) is 22.3. The summed E-state index contributed by atoms with van der Waals surface area (Å²) in [7, 11) is 3.16. The van der Waals surface area contributed by atoms with Crippen LogP contribution in [0.15, 0.2) is 71.8 Å². The minimum atomic E-state index is -0.529. The van der Waals surface area contributed by atoms with Crippen molar-refractivity contribution in [1.82, 2.24) is 5.43 Å². The van der Waals surface area contributed by atoms with Crippen molar-refractivity contribution in [2.24, 2.45) is 5.10 Å². The fourth-order valence-electron chi connectivity index (χ4n) is 2.81. The van der Waals surface area contributed by atoms with Gasteiger partial charge in [0.25, 0.3) is 11.6 Å². The molecule has 0 spiro atoms. The van der Waals surface area contributed by atoms with E-state index in [0.29, 0.717) is 17.2 Å². The molecule has 0 fully saturated rings. The zero-order chi connectivity index (χ0) is 22.9. The standard InChI is InChI=1S/C23H21N3O6/c1-30-20-4-3-5-21(13-20)32-15-18-12-16(6-11-22(18)31-2)14-24-25-23(27)17-7-9-19(10-8-17)26(28)29/h3-14H,15H2,1-2H3,(H,25,27). The monoisotopic (exact) mass is 435 g/mol. The molecule has 0 aliphatic carbocycles. The zero-order valence-corrected chi connectivity index (χ0v) is 17.5. The van der Waals surface area contributed by atoms with E-state index in [2.05, 4.69) is 10.5 Å². The van der Waals surface area contributed by atoms with Crippen LogP contribution in [0.1, 0.15) is 21.5 Å². The van der Waals surface area contributed by atoms with Crippen LogP contribution in [0.3, 0.4) is 0 Å². The van der Waals surface area contributed by atoms with Crippen molar-refractivity contribution in [1.29, 1.82) is 0 Å². The molecule has 3 aromatic carbocycles. The first-order valence-electron chi connectivity index (χ1n) is 9.52. The minimum Gasteiger partial charge on any atom is -0.497 e. The Morgan fingerprint density at radius 3 is 2.47 bits per heavy atom. The number of nitro groups is 1. The van der Waals surface area contributed by atoms with Crippen molar-refractivity contribution in [2.75, 3.05) is 14.2 Å². The van der Waals surface area contributed by atoms with Gasteiger partial charge < -0.3 is 14.2 Å². The Labute approximate surface area is 184 Å². The van der Waals surface area contributed by atoms with Crippen LogP contribution in [-0.2, 0) is 6.61 Å². The lowest BCUT2D eigenvalue weighted by atomic mass is 10.1. The molecule has 0 aliphatic rings. The van der Waals surface area contributed by atoms with Gasteiger partial charge in [-0.2, -0.15) is 5.10 Å². The Morgan fingerprint density at radius 1 is 1.03 bits per heavy atom.